The lowest BCUT2D eigenvalue weighted by Gasteiger charge is -2.41. The Morgan fingerprint density at radius 1 is 1.08 bits per heavy atom. The van der Waals surface area contributed by atoms with Crippen molar-refractivity contribution < 1.29 is 4.79 Å². The molecule has 2 heterocycles. The molecule has 4 heteroatoms. The monoisotopic (exact) mass is 341 g/mol. The normalized spacial score (nSPS) is 22.5. The Kier molecular flexibility index (Phi) is 6.51. The van der Waals surface area contributed by atoms with Gasteiger partial charge in [-0.25, -0.2) is 4.79 Å². The molecule has 0 aromatic heterocycles. The van der Waals surface area contributed by atoms with Gasteiger partial charge in [0, 0.05) is 45.3 Å². The van der Waals surface area contributed by atoms with Crippen LogP contribution in [0.15, 0.2) is 36.4 Å². The lowest BCUT2D eigenvalue weighted by atomic mass is 10.0. The second kappa shape index (κ2) is 9.04. The van der Waals surface area contributed by atoms with Crippen molar-refractivity contribution in [3.05, 3.63) is 42.0 Å². The van der Waals surface area contributed by atoms with Gasteiger partial charge in [-0.2, -0.15) is 0 Å². The van der Waals surface area contributed by atoms with E-state index in [1.807, 2.05) is 6.07 Å². The molecule has 3 rings (SSSR count). The van der Waals surface area contributed by atoms with Crippen LogP contribution in [0.25, 0.3) is 6.08 Å². The molecule has 1 atom stereocenters. The molecule has 4 nitrogen and oxygen atoms in total. The summed E-state index contributed by atoms with van der Waals surface area (Å²) in [5, 5.41) is 0. The molecule has 0 radical (unpaired) electrons. The fraction of sp³-hybridized carbons (Fsp3) is 0.571. The number of carbonyl (C=O) groups excluding carboxylic acids is 1. The summed E-state index contributed by atoms with van der Waals surface area (Å²) in [4.78, 5) is 19.5. The van der Waals surface area contributed by atoms with E-state index in [1.54, 1.807) is 0 Å². The minimum atomic E-state index is 0.269. The number of hydrogen-bond acceptors (Lipinski definition) is 2. The number of rotatable bonds is 4. The molecule has 2 fully saturated rings. The fourth-order valence-electron chi connectivity index (χ4n) is 3.88. The molecule has 1 aromatic carbocycles. The van der Waals surface area contributed by atoms with Crippen molar-refractivity contribution in [2.24, 2.45) is 0 Å². The summed E-state index contributed by atoms with van der Waals surface area (Å²) in [5.41, 5.74) is 1.24. The number of piperazine rings is 1. The minimum absolute atomic E-state index is 0.269. The highest BCUT2D eigenvalue weighted by Gasteiger charge is 2.30. The lowest BCUT2D eigenvalue weighted by molar-refractivity contribution is 0.0910. The van der Waals surface area contributed by atoms with Crippen molar-refractivity contribution in [2.45, 2.75) is 38.6 Å². The van der Waals surface area contributed by atoms with Crippen molar-refractivity contribution >= 4 is 12.1 Å². The highest BCUT2D eigenvalue weighted by Crippen LogP contribution is 2.21. The highest BCUT2D eigenvalue weighted by molar-refractivity contribution is 5.75. The fourth-order valence-corrected chi connectivity index (χ4v) is 3.88. The van der Waals surface area contributed by atoms with E-state index < -0.39 is 0 Å². The number of carbonyl (C=O) groups is 1. The first-order valence-electron chi connectivity index (χ1n) is 9.77. The molecule has 0 N–H and O–H groups in total. The number of piperidine rings is 1. The molecule has 0 aliphatic carbocycles. The van der Waals surface area contributed by atoms with Crippen molar-refractivity contribution in [2.75, 3.05) is 39.3 Å². The van der Waals surface area contributed by atoms with Crippen LogP contribution in [0.3, 0.4) is 0 Å². The number of likely N-dealkylation sites (tertiary alicyclic amines) is 1. The van der Waals surface area contributed by atoms with Crippen molar-refractivity contribution in [1.82, 2.24) is 14.7 Å². The maximum absolute atomic E-state index is 12.8. The third-order valence-electron chi connectivity index (χ3n) is 5.46. The molecule has 2 amide bonds. The molecule has 0 spiro atoms. The molecule has 1 aromatic rings. The average molecular weight is 341 g/mol. The number of hydrogen-bond donors (Lipinski definition) is 0. The van der Waals surface area contributed by atoms with Gasteiger partial charge in [-0.05, 0) is 31.2 Å². The van der Waals surface area contributed by atoms with Crippen LogP contribution in [0.5, 0.6) is 0 Å². The summed E-state index contributed by atoms with van der Waals surface area (Å²) >= 11 is 0. The van der Waals surface area contributed by atoms with Gasteiger partial charge in [0.1, 0.15) is 0 Å². The molecule has 2 aliphatic rings. The molecule has 0 saturated carbocycles. The van der Waals surface area contributed by atoms with Gasteiger partial charge in [0.05, 0.1) is 0 Å². The first-order valence-corrected chi connectivity index (χ1v) is 9.77. The van der Waals surface area contributed by atoms with Gasteiger partial charge in [0.2, 0.25) is 0 Å². The zero-order valence-corrected chi connectivity index (χ0v) is 15.4. The van der Waals surface area contributed by atoms with E-state index in [9.17, 15) is 4.79 Å². The summed E-state index contributed by atoms with van der Waals surface area (Å²) in [6.45, 7) is 7.74. The molecule has 1 unspecified atom stereocenters. The quantitative estimate of drug-likeness (QED) is 0.835. The summed E-state index contributed by atoms with van der Waals surface area (Å²) in [5.74, 6) is 0. The zero-order chi connectivity index (χ0) is 17.5. The van der Waals surface area contributed by atoms with Crippen LogP contribution in [-0.2, 0) is 0 Å². The SMILES string of the molecule is CCC1CCCCN1C(=O)N1CCN(C/C=C/c2ccccc2)CC1. The van der Waals surface area contributed by atoms with Crippen LogP contribution in [-0.4, -0.2) is 66.0 Å². The van der Waals surface area contributed by atoms with Crippen molar-refractivity contribution in [3.63, 3.8) is 0 Å². The molecule has 2 aliphatic heterocycles. The largest absolute Gasteiger partial charge is 0.322 e. The van der Waals surface area contributed by atoms with Gasteiger partial charge in [0.25, 0.3) is 0 Å². The maximum atomic E-state index is 12.8. The second-order valence-electron chi connectivity index (χ2n) is 7.13. The molecule has 136 valence electrons. The van der Waals surface area contributed by atoms with Gasteiger partial charge >= 0.3 is 6.03 Å². The van der Waals surface area contributed by atoms with E-state index in [2.05, 4.69) is 58.0 Å². The van der Waals surface area contributed by atoms with Crippen LogP contribution in [0.2, 0.25) is 0 Å². The van der Waals surface area contributed by atoms with E-state index in [1.165, 1.54) is 18.4 Å². The first-order chi connectivity index (χ1) is 12.3. The van der Waals surface area contributed by atoms with E-state index in [0.717, 1.165) is 52.1 Å². The summed E-state index contributed by atoms with van der Waals surface area (Å²) < 4.78 is 0. The smallest absolute Gasteiger partial charge is 0.320 e. The highest BCUT2D eigenvalue weighted by atomic mass is 16.2. The minimum Gasteiger partial charge on any atom is -0.322 e. The molecular formula is C21H31N3O. The Morgan fingerprint density at radius 3 is 2.56 bits per heavy atom. The van der Waals surface area contributed by atoms with E-state index in [-0.39, 0.29) is 6.03 Å². The van der Waals surface area contributed by atoms with Crippen LogP contribution in [0.4, 0.5) is 4.79 Å². The Balaban J connectivity index is 1.45. The Bertz CT molecular complexity index is 564. The molecule has 0 bridgehead atoms. The second-order valence-corrected chi connectivity index (χ2v) is 7.13. The topological polar surface area (TPSA) is 26.8 Å². The van der Waals surface area contributed by atoms with Crippen LogP contribution < -0.4 is 0 Å². The number of urea groups is 1. The standard InChI is InChI=1S/C21H31N3O/c1-2-20-12-6-7-14-24(20)21(25)23-17-15-22(16-18-23)13-8-11-19-9-4-3-5-10-19/h3-5,8-11,20H,2,6-7,12-18H2,1H3/b11-8+. The van der Waals surface area contributed by atoms with Gasteiger partial charge in [-0.1, -0.05) is 49.4 Å². The Hall–Kier alpha value is -1.81. The van der Waals surface area contributed by atoms with Crippen molar-refractivity contribution in [1.29, 1.82) is 0 Å². The maximum Gasteiger partial charge on any atom is 0.320 e. The first kappa shape index (κ1) is 18.0. The van der Waals surface area contributed by atoms with Crippen LogP contribution >= 0.6 is 0 Å². The Labute approximate surface area is 152 Å². The number of nitrogens with zero attached hydrogens (tertiary/aromatic N) is 3. The summed E-state index contributed by atoms with van der Waals surface area (Å²) in [6, 6.07) is 11.1. The number of amides is 2. The number of benzene rings is 1. The summed E-state index contributed by atoms with van der Waals surface area (Å²) in [7, 11) is 0. The van der Waals surface area contributed by atoms with E-state index in [0.29, 0.717) is 6.04 Å². The van der Waals surface area contributed by atoms with Crippen LogP contribution in [0.1, 0.15) is 38.2 Å². The van der Waals surface area contributed by atoms with Crippen LogP contribution in [0, 0.1) is 0 Å². The van der Waals surface area contributed by atoms with Gasteiger partial charge in [-0.3, -0.25) is 4.90 Å². The third-order valence-corrected chi connectivity index (χ3v) is 5.46. The van der Waals surface area contributed by atoms with Gasteiger partial charge < -0.3 is 9.80 Å². The lowest BCUT2D eigenvalue weighted by Crippen LogP contribution is -2.55. The average Bonchev–Trinajstić information content (AvgIpc) is 2.69. The summed E-state index contributed by atoms with van der Waals surface area (Å²) in [6.07, 6.45) is 9.08. The molecular weight excluding hydrogens is 310 g/mol. The van der Waals surface area contributed by atoms with Gasteiger partial charge in [-0.15, -0.1) is 0 Å². The molecule has 25 heavy (non-hydrogen) atoms. The molecule has 2 saturated heterocycles. The Morgan fingerprint density at radius 2 is 1.84 bits per heavy atom. The van der Waals surface area contributed by atoms with E-state index in [4.69, 9.17) is 0 Å². The zero-order valence-electron chi connectivity index (χ0n) is 15.4. The predicted octanol–water partition coefficient (Wildman–Crippen LogP) is 3.70. The van der Waals surface area contributed by atoms with Crippen molar-refractivity contribution in [3.8, 4) is 0 Å². The van der Waals surface area contributed by atoms with E-state index >= 15 is 0 Å². The third kappa shape index (κ3) is 4.85. The predicted molar refractivity (Wildman–Crippen MR) is 104 cm³/mol. The van der Waals surface area contributed by atoms with Gasteiger partial charge in [0.15, 0.2) is 0 Å².